The summed E-state index contributed by atoms with van der Waals surface area (Å²) in [5, 5.41) is 0. The van der Waals surface area contributed by atoms with Crippen molar-refractivity contribution in [3.05, 3.63) is 23.8 Å². The molecule has 20 heavy (non-hydrogen) atoms. The van der Waals surface area contributed by atoms with Gasteiger partial charge in [0.15, 0.2) is 11.5 Å². The maximum Gasteiger partial charge on any atom is 0.303 e. The summed E-state index contributed by atoms with van der Waals surface area (Å²) in [6, 6.07) is 5.61. The van der Waals surface area contributed by atoms with E-state index in [0.29, 0.717) is 24.5 Å². The van der Waals surface area contributed by atoms with Crippen LogP contribution in [0, 0.1) is 0 Å². The monoisotopic (exact) mass is 305 g/mol. The summed E-state index contributed by atoms with van der Waals surface area (Å²) in [5.74, 6) is 0.835. The van der Waals surface area contributed by atoms with Crippen molar-refractivity contribution >= 4 is 10.2 Å². The molecular weight excluding hydrogens is 285 g/mol. The summed E-state index contributed by atoms with van der Waals surface area (Å²) < 4.78 is 43.6. The molecule has 0 saturated heterocycles. The van der Waals surface area contributed by atoms with Gasteiger partial charge in [-0.25, -0.2) is 0 Å². The van der Waals surface area contributed by atoms with Gasteiger partial charge in [0.05, 0.1) is 20.0 Å². The molecule has 0 N–H and O–H groups in total. The molecule has 0 aliphatic rings. The average Bonchev–Trinajstić information content (AvgIpc) is 2.41. The third-order valence-corrected chi connectivity index (χ3v) is 3.62. The van der Waals surface area contributed by atoms with Crippen molar-refractivity contribution in [3.8, 4) is 11.5 Å². The fraction of sp³-hybridized carbons (Fsp3) is 0.538. The number of halogens is 1. The SMILES string of the molecule is COc1ccc(CCN(C)CCS(=O)(=O)F)cc1OC. The van der Waals surface area contributed by atoms with Gasteiger partial charge in [-0.05, 0) is 31.2 Å². The lowest BCUT2D eigenvalue weighted by atomic mass is 10.1. The Morgan fingerprint density at radius 1 is 1.15 bits per heavy atom. The van der Waals surface area contributed by atoms with Crippen LogP contribution in [0.4, 0.5) is 3.89 Å². The van der Waals surface area contributed by atoms with E-state index in [-0.39, 0.29) is 6.54 Å². The highest BCUT2D eigenvalue weighted by atomic mass is 32.3. The third-order valence-electron chi connectivity index (χ3n) is 2.95. The molecule has 1 rings (SSSR count). The summed E-state index contributed by atoms with van der Waals surface area (Å²) in [6.07, 6.45) is 0.711. The van der Waals surface area contributed by atoms with Gasteiger partial charge in [-0.15, -0.1) is 3.89 Å². The Labute approximate surface area is 119 Å². The molecule has 1 aromatic rings. The molecule has 0 fully saturated rings. The van der Waals surface area contributed by atoms with E-state index in [9.17, 15) is 12.3 Å². The van der Waals surface area contributed by atoms with E-state index in [4.69, 9.17) is 9.47 Å². The Bertz CT molecular complexity index is 533. The van der Waals surface area contributed by atoms with Gasteiger partial charge in [0.1, 0.15) is 0 Å². The molecule has 1 aromatic carbocycles. The van der Waals surface area contributed by atoms with Crippen molar-refractivity contribution < 1.29 is 21.8 Å². The van der Waals surface area contributed by atoms with Crippen LogP contribution in [0.2, 0.25) is 0 Å². The quantitative estimate of drug-likeness (QED) is 0.681. The molecule has 0 aliphatic heterocycles. The molecular formula is C13H20FNO4S. The van der Waals surface area contributed by atoms with Gasteiger partial charge in [0.2, 0.25) is 0 Å². The largest absolute Gasteiger partial charge is 0.493 e. The van der Waals surface area contributed by atoms with Gasteiger partial charge in [0, 0.05) is 13.1 Å². The first-order valence-corrected chi connectivity index (χ1v) is 7.72. The molecule has 5 nitrogen and oxygen atoms in total. The number of rotatable bonds is 8. The minimum atomic E-state index is -4.40. The normalized spacial score (nSPS) is 11.7. The number of hydrogen-bond acceptors (Lipinski definition) is 5. The Hall–Kier alpha value is -1.34. The second-order valence-corrected chi connectivity index (χ2v) is 5.97. The van der Waals surface area contributed by atoms with E-state index < -0.39 is 16.0 Å². The summed E-state index contributed by atoms with van der Waals surface area (Å²) in [5.41, 5.74) is 1.04. The van der Waals surface area contributed by atoms with E-state index in [1.807, 2.05) is 18.2 Å². The molecule has 0 heterocycles. The summed E-state index contributed by atoms with van der Waals surface area (Å²) in [4.78, 5) is 1.77. The van der Waals surface area contributed by atoms with Crippen molar-refractivity contribution in [2.45, 2.75) is 6.42 Å². The fourth-order valence-electron chi connectivity index (χ4n) is 1.73. The Kier molecular flexibility index (Phi) is 6.22. The highest BCUT2D eigenvalue weighted by molar-refractivity contribution is 7.86. The molecule has 0 amide bonds. The van der Waals surface area contributed by atoms with Crippen molar-refractivity contribution in [3.63, 3.8) is 0 Å². The predicted octanol–water partition coefficient (Wildman–Crippen LogP) is 1.48. The molecule has 0 atom stereocenters. The molecule has 7 heteroatoms. The van der Waals surface area contributed by atoms with E-state index in [1.165, 1.54) is 0 Å². The molecule has 0 spiro atoms. The molecule has 114 valence electrons. The van der Waals surface area contributed by atoms with E-state index in [1.54, 1.807) is 26.2 Å². The maximum absolute atomic E-state index is 12.4. The van der Waals surface area contributed by atoms with E-state index >= 15 is 0 Å². The first-order valence-electron chi connectivity index (χ1n) is 6.17. The average molecular weight is 305 g/mol. The fourth-order valence-corrected chi connectivity index (χ4v) is 2.26. The van der Waals surface area contributed by atoms with Crippen LogP contribution in [0.25, 0.3) is 0 Å². The van der Waals surface area contributed by atoms with Crippen molar-refractivity contribution in [2.75, 3.05) is 40.1 Å². The summed E-state index contributed by atoms with van der Waals surface area (Å²) >= 11 is 0. The number of likely N-dealkylation sites (N-methyl/N-ethyl adjacent to an activating group) is 1. The highest BCUT2D eigenvalue weighted by Crippen LogP contribution is 2.27. The van der Waals surface area contributed by atoms with Crippen LogP contribution < -0.4 is 9.47 Å². The highest BCUT2D eigenvalue weighted by Gasteiger charge is 2.10. The molecule has 0 aromatic heterocycles. The van der Waals surface area contributed by atoms with Gasteiger partial charge in [-0.3, -0.25) is 0 Å². The number of hydrogen-bond donors (Lipinski definition) is 0. The van der Waals surface area contributed by atoms with E-state index in [0.717, 1.165) is 5.56 Å². The number of benzene rings is 1. The Morgan fingerprint density at radius 2 is 1.80 bits per heavy atom. The van der Waals surface area contributed by atoms with Crippen LogP contribution in [0.5, 0.6) is 11.5 Å². The second kappa shape index (κ2) is 7.44. The second-order valence-electron chi connectivity index (χ2n) is 4.49. The number of ether oxygens (including phenoxy) is 2. The van der Waals surface area contributed by atoms with Gasteiger partial charge in [-0.1, -0.05) is 6.07 Å². The zero-order valence-electron chi connectivity index (χ0n) is 11.9. The first-order chi connectivity index (χ1) is 9.35. The molecule has 0 saturated carbocycles. The number of nitrogens with zero attached hydrogens (tertiary/aromatic N) is 1. The van der Waals surface area contributed by atoms with Crippen LogP contribution in [-0.2, 0) is 16.6 Å². The lowest BCUT2D eigenvalue weighted by Gasteiger charge is -2.16. The molecule has 0 aliphatic carbocycles. The lowest BCUT2D eigenvalue weighted by molar-refractivity contribution is 0.349. The predicted molar refractivity (Wildman–Crippen MR) is 75.6 cm³/mol. The third kappa shape index (κ3) is 5.75. The topological polar surface area (TPSA) is 55.8 Å². The summed E-state index contributed by atoms with van der Waals surface area (Å²) in [7, 11) is 0.497. The Balaban J connectivity index is 2.53. The van der Waals surface area contributed by atoms with Crippen molar-refractivity contribution in [1.82, 2.24) is 4.90 Å². The molecule has 0 radical (unpaired) electrons. The van der Waals surface area contributed by atoms with Crippen LogP contribution >= 0.6 is 0 Å². The zero-order chi connectivity index (χ0) is 15.2. The minimum absolute atomic E-state index is 0.173. The van der Waals surface area contributed by atoms with Gasteiger partial charge in [-0.2, -0.15) is 8.42 Å². The van der Waals surface area contributed by atoms with Crippen LogP contribution in [0.3, 0.4) is 0 Å². The van der Waals surface area contributed by atoms with Gasteiger partial charge < -0.3 is 14.4 Å². The van der Waals surface area contributed by atoms with Crippen molar-refractivity contribution in [1.29, 1.82) is 0 Å². The smallest absolute Gasteiger partial charge is 0.303 e. The minimum Gasteiger partial charge on any atom is -0.493 e. The van der Waals surface area contributed by atoms with Gasteiger partial charge in [0.25, 0.3) is 0 Å². The van der Waals surface area contributed by atoms with Crippen molar-refractivity contribution in [2.24, 2.45) is 0 Å². The lowest BCUT2D eigenvalue weighted by Crippen LogP contribution is -2.26. The van der Waals surface area contributed by atoms with Crippen LogP contribution in [0.1, 0.15) is 5.56 Å². The van der Waals surface area contributed by atoms with Gasteiger partial charge >= 0.3 is 10.2 Å². The van der Waals surface area contributed by atoms with E-state index in [2.05, 4.69) is 0 Å². The maximum atomic E-state index is 12.4. The van der Waals surface area contributed by atoms with Crippen LogP contribution in [-0.4, -0.2) is 53.4 Å². The van der Waals surface area contributed by atoms with Crippen LogP contribution in [0.15, 0.2) is 18.2 Å². The Morgan fingerprint density at radius 3 is 2.35 bits per heavy atom. The standard InChI is InChI=1S/C13H20FNO4S/c1-15(8-9-20(14,16)17)7-6-11-4-5-12(18-2)13(10-11)19-3/h4-5,10H,6-9H2,1-3H3. The molecule has 0 bridgehead atoms. The number of methoxy groups -OCH3 is 2. The first kappa shape index (κ1) is 16.7. The zero-order valence-corrected chi connectivity index (χ0v) is 12.7. The summed E-state index contributed by atoms with van der Waals surface area (Å²) in [6.45, 7) is 0.803. The molecule has 0 unspecified atom stereocenters.